The topological polar surface area (TPSA) is 49.3 Å². The van der Waals surface area contributed by atoms with Crippen LogP contribution in [-0.4, -0.2) is 24.2 Å². The quantitative estimate of drug-likeness (QED) is 0.822. The zero-order chi connectivity index (χ0) is 15.5. The summed E-state index contributed by atoms with van der Waals surface area (Å²) in [7, 11) is 0. The number of rotatable bonds is 5. The van der Waals surface area contributed by atoms with Gasteiger partial charge in [0, 0.05) is 13.0 Å². The smallest absolute Gasteiger partial charge is 0.261 e. The molecule has 0 saturated heterocycles. The fraction of sp³-hybridized carbons (Fsp3) is 0.588. The van der Waals surface area contributed by atoms with Gasteiger partial charge in [0.25, 0.3) is 5.91 Å². The van der Waals surface area contributed by atoms with Gasteiger partial charge in [0.15, 0.2) is 0 Å². The van der Waals surface area contributed by atoms with E-state index in [0.29, 0.717) is 17.8 Å². The Balaban J connectivity index is 1.97. The Labute approximate surface area is 130 Å². The number of aliphatic hydroxyl groups is 1. The molecule has 0 bridgehead atoms. The van der Waals surface area contributed by atoms with Crippen LogP contribution in [0.25, 0.3) is 0 Å². The summed E-state index contributed by atoms with van der Waals surface area (Å²) in [6, 6.07) is 1.90. The van der Waals surface area contributed by atoms with E-state index >= 15 is 0 Å². The number of aryl methyl sites for hydroxylation is 1. The van der Waals surface area contributed by atoms with Gasteiger partial charge in [-0.15, -0.1) is 11.3 Å². The maximum Gasteiger partial charge on any atom is 0.261 e. The van der Waals surface area contributed by atoms with Crippen LogP contribution in [0.2, 0.25) is 0 Å². The monoisotopic (exact) mass is 305 g/mol. The number of amides is 1. The molecule has 1 fully saturated rings. The van der Waals surface area contributed by atoms with E-state index < -0.39 is 0 Å². The first-order chi connectivity index (χ1) is 9.98. The van der Waals surface area contributed by atoms with Gasteiger partial charge in [0.2, 0.25) is 0 Å². The first kappa shape index (κ1) is 16.1. The molecule has 2 N–H and O–H groups in total. The molecule has 114 valence electrons. The fourth-order valence-electron chi connectivity index (χ4n) is 2.38. The van der Waals surface area contributed by atoms with E-state index in [9.17, 15) is 4.79 Å². The van der Waals surface area contributed by atoms with Crippen molar-refractivity contribution in [2.75, 3.05) is 13.2 Å². The van der Waals surface area contributed by atoms with Gasteiger partial charge < -0.3 is 10.4 Å². The molecule has 0 atom stereocenters. The number of hydrogen-bond donors (Lipinski definition) is 2. The van der Waals surface area contributed by atoms with Gasteiger partial charge in [-0.05, 0) is 42.7 Å². The minimum absolute atomic E-state index is 0.00485. The van der Waals surface area contributed by atoms with E-state index in [0.717, 1.165) is 21.9 Å². The van der Waals surface area contributed by atoms with Crippen molar-refractivity contribution in [1.82, 2.24) is 5.32 Å². The maximum absolute atomic E-state index is 12.2. The maximum atomic E-state index is 12.2. The Kier molecular flexibility index (Phi) is 5.08. The lowest BCUT2D eigenvalue weighted by atomic mass is 9.92. The molecule has 1 heterocycles. The van der Waals surface area contributed by atoms with E-state index in [2.05, 4.69) is 31.0 Å². The van der Waals surface area contributed by atoms with Crippen molar-refractivity contribution < 1.29 is 9.90 Å². The molecule has 0 radical (unpaired) electrons. The molecule has 0 aromatic carbocycles. The second-order valence-corrected chi connectivity index (χ2v) is 7.15. The highest BCUT2D eigenvalue weighted by Gasteiger charge is 2.45. The van der Waals surface area contributed by atoms with Crippen LogP contribution in [0.1, 0.15) is 53.2 Å². The molecule has 3 nitrogen and oxygen atoms in total. The normalized spacial score (nSPS) is 15.5. The molecular weight excluding hydrogens is 282 g/mol. The van der Waals surface area contributed by atoms with Crippen LogP contribution in [0.15, 0.2) is 6.07 Å². The second-order valence-electron chi connectivity index (χ2n) is 6.10. The molecule has 4 heteroatoms. The van der Waals surface area contributed by atoms with Crippen LogP contribution in [-0.2, 0) is 0 Å². The predicted molar refractivity (Wildman–Crippen MR) is 86.5 cm³/mol. The summed E-state index contributed by atoms with van der Waals surface area (Å²) < 4.78 is 0. The predicted octanol–water partition coefficient (Wildman–Crippen LogP) is 2.96. The highest BCUT2D eigenvalue weighted by Crippen LogP contribution is 2.51. The molecule has 1 aliphatic rings. The van der Waals surface area contributed by atoms with Crippen LogP contribution in [0.5, 0.6) is 0 Å². The molecule has 1 amide bonds. The van der Waals surface area contributed by atoms with Gasteiger partial charge in [-0.2, -0.15) is 0 Å². The highest BCUT2D eigenvalue weighted by atomic mass is 32.1. The lowest BCUT2D eigenvalue weighted by Crippen LogP contribution is -2.32. The summed E-state index contributed by atoms with van der Waals surface area (Å²) >= 11 is 1.43. The van der Waals surface area contributed by atoms with Crippen LogP contribution in [0.3, 0.4) is 0 Å². The molecule has 21 heavy (non-hydrogen) atoms. The summed E-state index contributed by atoms with van der Waals surface area (Å²) in [4.78, 5) is 13.9. The number of nitrogens with one attached hydrogen (secondary N) is 1. The van der Waals surface area contributed by atoms with E-state index in [1.54, 1.807) is 0 Å². The zero-order valence-electron chi connectivity index (χ0n) is 13.0. The summed E-state index contributed by atoms with van der Waals surface area (Å²) in [6.45, 7) is 7.26. The lowest BCUT2D eigenvalue weighted by molar-refractivity contribution is 0.0944. The first-order valence-electron chi connectivity index (χ1n) is 7.47. The minimum Gasteiger partial charge on any atom is -0.395 e. The second kappa shape index (κ2) is 6.64. The molecule has 1 aromatic rings. The third-order valence-electron chi connectivity index (χ3n) is 4.30. The Morgan fingerprint density at radius 2 is 2.24 bits per heavy atom. The zero-order valence-corrected chi connectivity index (χ0v) is 13.8. The first-order valence-corrected chi connectivity index (χ1v) is 8.28. The Morgan fingerprint density at radius 3 is 2.81 bits per heavy atom. The van der Waals surface area contributed by atoms with Gasteiger partial charge in [0.1, 0.15) is 0 Å². The SMILES string of the molecule is Cc1cc(C(=O)NCC2(C(C)C)CC2)sc1C#CCCO. The van der Waals surface area contributed by atoms with Gasteiger partial charge in [-0.3, -0.25) is 4.79 Å². The summed E-state index contributed by atoms with van der Waals surface area (Å²) in [5, 5.41) is 11.8. The van der Waals surface area contributed by atoms with Crippen LogP contribution < -0.4 is 5.32 Å². The van der Waals surface area contributed by atoms with E-state index in [1.165, 1.54) is 24.2 Å². The number of carbonyl (C=O) groups excluding carboxylic acids is 1. The Hall–Kier alpha value is -1.31. The molecule has 0 spiro atoms. The highest BCUT2D eigenvalue weighted by molar-refractivity contribution is 7.14. The summed E-state index contributed by atoms with van der Waals surface area (Å²) in [5.74, 6) is 6.54. The van der Waals surface area contributed by atoms with Gasteiger partial charge in [-0.25, -0.2) is 0 Å². The molecular formula is C17H23NO2S. The van der Waals surface area contributed by atoms with Crippen LogP contribution in [0.4, 0.5) is 0 Å². The van der Waals surface area contributed by atoms with Crippen molar-refractivity contribution in [3.63, 3.8) is 0 Å². The van der Waals surface area contributed by atoms with E-state index in [-0.39, 0.29) is 12.5 Å². The molecule has 1 aromatic heterocycles. The number of hydrogen-bond acceptors (Lipinski definition) is 3. The Bertz CT molecular complexity index is 573. The van der Waals surface area contributed by atoms with Gasteiger partial charge in [-0.1, -0.05) is 25.7 Å². The molecule has 0 aliphatic heterocycles. The average molecular weight is 305 g/mol. The van der Waals surface area contributed by atoms with Crippen molar-refractivity contribution >= 4 is 17.2 Å². The average Bonchev–Trinajstić information content (AvgIpc) is 3.16. The fourth-order valence-corrected chi connectivity index (χ4v) is 3.34. The van der Waals surface area contributed by atoms with Crippen molar-refractivity contribution in [2.45, 2.75) is 40.0 Å². The number of aliphatic hydroxyl groups excluding tert-OH is 1. The van der Waals surface area contributed by atoms with Crippen molar-refractivity contribution in [3.8, 4) is 11.8 Å². The molecule has 1 aliphatic carbocycles. The largest absolute Gasteiger partial charge is 0.395 e. The molecule has 2 rings (SSSR count). The van der Waals surface area contributed by atoms with E-state index in [1.807, 2.05) is 13.0 Å². The van der Waals surface area contributed by atoms with Crippen LogP contribution >= 0.6 is 11.3 Å². The molecule has 0 unspecified atom stereocenters. The number of thiophene rings is 1. The van der Waals surface area contributed by atoms with Crippen LogP contribution in [0, 0.1) is 30.1 Å². The van der Waals surface area contributed by atoms with Gasteiger partial charge in [0.05, 0.1) is 16.4 Å². The van der Waals surface area contributed by atoms with Crippen molar-refractivity contribution in [1.29, 1.82) is 0 Å². The lowest BCUT2D eigenvalue weighted by Gasteiger charge is -2.19. The van der Waals surface area contributed by atoms with E-state index in [4.69, 9.17) is 5.11 Å². The molecule has 1 saturated carbocycles. The van der Waals surface area contributed by atoms with Crippen molar-refractivity contribution in [2.24, 2.45) is 11.3 Å². The standard InChI is InChI=1S/C17H23NO2S/c1-12(2)17(7-8-17)11-18-16(20)15-10-13(3)14(21-15)6-4-5-9-19/h10,12,19H,5,7-9,11H2,1-3H3,(H,18,20). The third-order valence-corrected chi connectivity index (χ3v) is 5.45. The minimum atomic E-state index is 0.00485. The summed E-state index contributed by atoms with van der Waals surface area (Å²) in [6.07, 6.45) is 2.90. The summed E-state index contributed by atoms with van der Waals surface area (Å²) in [5.41, 5.74) is 1.35. The number of carbonyl (C=O) groups is 1. The third kappa shape index (κ3) is 3.87. The van der Waals surface area contributed by atoms with Gasteiger partial charge >= 0.3 is 0 Å². The Morgan fingerprint density at radius 1 is 1.52 bits per heavy atom. The van der Waals surface area contributed by atoms with Crippen molar-refractivity contribution in [3.05, 3.63) is 21.4 Å².